The van der Waals surface area contributed by atoms with Crippen molar-refractivity contribution < 1.29 is 23.8 Å². The highest BCUT2D eigenvalue weighted by Gasteiger charge is 2.21. The maximum Gasteiger partial charge on any atom is 0.306 e. The van der Waals surface area contributed by atoms with E-state index in [9.17, 15) is 9.59 Å². The van der Waals surface area contributed by atoms with Crippen LogP contribution in [0.25, 0.3) is 0 Å². The fourth-order valence-electron chi connectivity index (χ4n) is 4.47. The van der Waals surface area contributed by atoms with E-state index in [0.29, 0.717) is 19.8 Å². The van der Waals surface area contributed by atoms with Gasteiger partial charge in [0.2, 0.25) is 0 Å². The summed E-state index contributed by atoms with van der Waals surface area (Å²) < 4.78 is 15.8. The topological polar surface area (TPSA) is 61.8 Å². The van der Waals surface area contributed by atoms with Crippen molar-refractivity contribution in [3.05, 3.63) is 29.8 Å². The van der Waals surface area contributed by atoms with Gasteiger partial charge in [0.15, 0.2) is 0 Å². The first-order valence-electron chi connectivity index (χ1n) is 12.7. The van der Waals surface area contributed by atoms with E-state index >= 15 is 0 Å². The van der Waals surface area contributed by atoms with Gasteiger partial charge in [0.1, 0.15) is 5.75 Å². The average molecular weight is 447 g/mol. The molecule has 1 aromatic carbocycles. The Kier molecular flexibility index (Phi) is 12.9. The second kappa shape index (κ2) is 15.7. The van der Waals surface area contributed by atoms with E-state index in [1.54, 1.807) is 6.92 Å². The number of esters is 2. The molecule has 1 fully saturated rings. The molecule has 0 heterocycles. The van der Waals surface area contributed by atoms with Crippen LogP contribution in [0.5, 0.6) is 5.75 Å². The standard InChI is InChI=1S/C27H42O5/c1-3-9-22-10-12-23(13-11-22)24-14-16-25(17-15-24)31-20-7-5-6-8-21-32-27(29)19-18-26(28)30-4-2/h14-17,22-23H,3-13,18-21H2,1-2H3. The molecule has 0 atom stereocenters. The molecular formula is C27H42O5. The first-order valence-corrected chi connectivity index (χ1v) is 12.7. The van der Waals surface area contributed by atoms with E-state index in [2.05, 4.69) is 31.2 Å². The summed E-state index contributed by atoms with van der Waals surface area (Å²) in [6.45, 7) is 5.49. The largest absolute Gasteiger partial charge is 0.494 e. The van der Waals surface area contributed by atoms with Gasteiger partial charge >= 0.3 is 11.9 Å². The highest BCUT2D eigenvalue weighted by atomic mass is 16.5. The van der Waals surface area contributed by atoms with Gasteiger partial charge in [0.05, 0.1) is 32.7 Å². The number of rotatable bonds is 15. The summed E-state index contributed by atoms with van der Waals surface area (Å²) in [6, 6.07) is 8.72. The number of hydrogen-bond donors (Lipinski definition) is 0. The van der Waals surface area contributed by atoms with Crippen LogP contribution in [0.4, 0.5) is 0 Å². The fourth-order valence-corrected chi connectivity index (χ4v) is 4.47. The molecule has 0 saturated heterocycles. The maximum atomic E-state index is 11.6. The molecule has 5 nitrogen and oxygen atoms in total. The lowest BCUT2D eigenvalue weighted by atomic mass is 9.77. The van der Waals surface area contributed by atoms with Gasteiger partial charge in [-0.05, 0) is 87.8 Å². The molecule has 0 radical (unpaired) electrons. The molecule has 2 rings (SSSR count). The summed E-state index contributed by atoms with van der Waals surface area (Å²) in [5, 5.41) is 0. The fraction of sp³-hybridized carbons (Fsp3) is 0.704. The maximum absolute atomic E-state index is 11.6. The van der Waals surface area contributed by atoms with Crippen molar-refractivity contribution in [3.63, 3.8) is 0 Å². The van der Waals surface area contributed by atoms with Gasteiger partial charge in [-0.15, -0.1) is 0 Å². The van der Waals surface area contributed by atoms with Crippen molar-refractivity contribution in [2.24, 2.45) is 5.92 Å². The van der Waals surface area contributed by atoms with Crippen molar-refractivity contribution >= 4 is 11.9 Å². The number of carbonyl (C=O) groups excluding carboxylic acids is 2. The molecule has 0 amide bonds. The summed E-state index contributed by atoms with van der Waals surface area (Å²) in [6.07, 6.45) is 12.1. The van der Waals surface area contributed by atoms with Gasteiger partial charge in [-0.1, -0.05) is 31.9 Å². The van der Waals surface area contributed by atoms with Crippen LogP contribution in [0.1, 0.15) is 102 Å². The Bertz CT molecular complexity index is 647. The van der Waals surface area contributed by atoms with Gasteiger partial charge in [0.25, 0.3) is 0 Å². The SMILES string of the molecule is CCCC1CCC(c2ccc(OCCCCCCOC(=O)CCC(=O)OCC)cc2)CC1. The van der Waals surface area contributed by atoms with E-state index in [0.717, 1.165) is 43.3 Å². The predicted octanol–water partition coefficient (Wildman–Crippen LogP) is 6.59. The Morgan fingerprint density at radius 2 is 1.44 bits per heavy atom. The minimum absolute atomic E-state index is 0.0884. The van der Waals surface area contributed by atoms with E-state index in [-0.39, 0.29) is 24.8 Å². The van der Waals surface area contributed by atoms with E-state index in [1.807, 2.05) is 0 Å². The number of benzene rings is 1. The molecule has 1 saturated carbocycles. The molecule has 0 unspecified atom stereocenters. The summed E-state index contributed by atoms with van der Waals surface area (Å²) in [7, 11) is 0. The lowest BCUT2D eigenvalue weighted by Gasteiger charge is -2.28. The summed E-state index contributed by atoms with van der Waals surface area (Å²) in [5.41, 5.74) is 1.46. The van der Waals surface area contributed by atoms with Gasteiger partial charge in [0, 0.05) is 0 Å². The van der Waals surface area contributed by atoms with Crippen LogP contribution in [0.15, 0.2) is 24.3 Å². The van der Waals surface area contributed by atoms with Crippen molar-refractivity contribution in [1.29, 1.82) is 0 Å². The third kappa shape index (κ3) is 10.5. The van der Waals surface area contributed by atoms with Gasteiger partial charge in [-0.25, -0.2) is 0 Å². The first-order chi connectivity index (χ1) is 15.6. The molecule has 0 N–H and O–H groups in total. The minimum atomic E-state index is -0.353. The van der Waals surface area contributed by atoms with E-state index in [4.69, 9.17) is 14.2 Å². The summed E-state index contributed by atoms with van der Waals surface area (Å²) in [4.78, 5) is 22.8. The molecule has 0 spiro atoms. The van der Waals surface area contributed by atoms with E-state index in [1.165, 1.54) is 44.1 Å². The molecule has 0 aliphatic heterocycles. The number of unbranched alkanes of at least 4 members (excludes halogenated alkanes) is 3. The van der Waals surface area contributed by atoms with Crippen LogP contribution in [-0.4, -0.2) is 31.8 Å². The monoisotopic (exact) mass is 446 g/mol. The van der Waals surface area contributed by atoms with Crippen LogP contribution in [0.2, 0.25) is 0 Å². The van der Waals surface area contributed by atoms with Gasteiger partial charge in [-0.2, -0.15) is 0 Å². The van der Waals surface area contributed by atoms with Crippen molar-refractivity contribution in [2.45, 2.75) is 96.8 Å². The molecular weight excluding hydrogens is 404 g/mol. The Labute approximate surface area is 194 Å². The molecule has 180 valence electrons. The van der Waals surface area contributed by atoms with Gasteiger partial charge < -0.3 is 14.2 Å². The summed E-state index contributed by atoms with van der Waals surface area (Å²) in [5.74, 6) is 1.93. The number of ether oxygens (including phenoxy) is 3. The Balaban J connectivity index is 1.48. The Hall–Kier alpha value is -2.04. The quantitative estimate of drug-likeness (QED) is 0.225. The zero-order valence-corrected chi connectivity index (χ0v) is 20.1. The predicted molar refractivity (Wildman–Crippen MR) is 127 cm³/mol. The smallest absolute Gasteiger partial charge is 0.306 e. The van der Waals surface area contributed by atoms with Crippen LogP contribution in [0, 0.1) is 5.92 Å². The molecule has 0 aromatic heterocycles. The van der Waals surface area contributed by atoms with Crippen LogP contribution in [0.3, 0.4) is 0 Å². The second-order valence-corrected chi connectivity index (χ2v) is 8.86. The zero-order valence-electron chi connectivity index (χ0n) is 20.1. The number of hydrogen-bond acceptors (Lipinski definition) is 5. The lowest BCUT2D eigenvalue weighted by molar-refractivity contribution is -0.150. The minimum Gasteiger partial charge on any atom is -0.494 e. The highest BCUT2D eigenvalue weighted by Crippen LogP contribution is 2.37. The molecule has 5 heteroatoms. The van der Waals surface area contributed by atoms with Crippen molar-refractivity contribution in [2.75, 3.05) is 19.8 Å². The molecule has 1 aromatic rings. The third-order valence-corrected chi connectivity index (χ3v) is 6.30. The zero-order chi connectivity index (χ0) is 23.0. The molecule has 0 bridgehead atoms. The van der Waals surface area contributed by atoms with Gasteiger partial charge in [-0.3, -0.25) is 9.59 Å². The highest BCUT2D eigenvalue weighted by molar-refractivity contribution is 5.77. The van der Waals surface area contributed by atoms with Crippen molar-refractivity contribution in [1.82, 2.24) is 0 Å². The number of carbonyl (C=O) groups is 2. The van der Waals surface area contributed by atoms with Crippen LogP contribution in [-0.2, 0) is 19.1 Å². The lowest BCUT2D eigenvalue weighted by Crippen LogP contribution is -2.13. The first kappa shape index (κ1) is 26.2. The van der Waals surface area contributed by atoms with E-state index < -0.39 is 0 Å². The summed E-state index contributed by atoms with van der Waals surface area (Å²) >= 11 is 0. The molecule has 1 aliphatic rings. The van der Waals surface area contributed by atoms with Crippen LogP contribution < -0.4 is 4.74 Å². The molecule has 1 aliphatic carbocycles. The Morgan fingerprint density at radius 3 is 2.06 bits per heavy atom. The van der Waals surface area contributed by atoms with Crippen molar-refractivity contribution in [3.8, 4) is 5.75 Å². The Morgan fingerprint density at radius 1 is 0.812 bits per heavy atom. The normalized spacial score (nSPS) is 18.2. The molecule has 32 heavy (non-hydrogen) atoms. The third-order valence-electron chi connectivity index (χ3n) is 6.30. The average Bonchev–Trinajstić information content (AvgIpc) is 2.81. The second-order valence-electron chi connectivity index (χ2n) is 8.86. The van der Waals surface area contributed by atoms with Crippen LogP contribution >= 0.6 is 0 Å².